The summed E-state index contributed by atoms with van der Waals surface area (Å²) >= 11 is 1.59. The van der Waals surface area contributed by atoms with Gasteiger partial charge in [-0.1, -0.05) is 18.2 Å². The molecule has 2 N–H and O–H groups in total. The van der Waals surface area contributed by atoms with E-state index < -0.39 is 0 Å². The molecule has 0 radical (unpaired) electrons. The van der Waals surface area contributed by atoms with Gasteiger partial charge in [0.05, 0.1) is 16.7 Å². The molecule has 6 nitrogen and oxygen atoms in total. The lowest BCUT2D eigenvalue weighted by atomic mass is 10.0. The van der Waals surface area contributed by atoms with Crippen LogP contribution in [0.4, 0.5) is 5.82 Å². The van der Waals surface area contributed by atoms with Crippen molar-refractivity contribution < 1.29 is 9.53 Å². The number of pyridine rings is 1. The Bertz CT molecular complexity index is 926. The van der Waals surface area contributed by atoms with Gasteiger partial charge in [0.1, 0.15) is 12.4 Å². The normalized spacial score (nSPS) is 16.5. The lowest BCUT2D eigenvalue weighted by Gasteiger charge is -2.16. The highest BCUT2D eigenvalue weighted by atomic mass is 32.2. The molecule has 1 aliphatic heterocycles. The maximum atomic E-state index is 11.9. The minimum absolute atomic E-state index is 0.0149. The summed E-state index contributed by atoms with van der Waals surface area (Å²) in [4.78, 5) is 16.2. The number of aromatic nitrogens is 3. The van der Waals surface area contributed by atoms with Crippen LogP contribution < -0.4 is 10.1 Å². The molecule has 26 heavy (non-hydrogen) atoms. The highest BCUT2D eigenvalue weighted by molar-refractivity contribution is 8.00. The molecule has 0 bridgehead atoms. The van der Waals surface area contributed by atoms with Crippen molar-refractivity contribution >= 4 is 23.5 Å². The summed E-state index contributed by atoms with van der Waals surface area (Å²) in [5.74, 6) is 1.74. The van der Waals surface area contributed by atoms with Crippen molar-refractivity contribution in [2.45, 2.75) is 18.8 Å². The highest BCUT2D eigenvalue weighted by Crippen LogP contribution is 2.42. The van der Waals surface area contributed by atoms with Crippen molar-refractivity contribution in [3.05, 3.63) is 71.2 Å². The van der Waals surface area contributed by atoms with Gasteiger partial charge in [-0.05, 0) is 36.8 Å². The highest BCUT2D eigenvalue weighted by Gasteiger charge is 2.28. The number of hydrogen-bond acceptors (Lipinski definition) is 5. The number of nitrogens with one attached hydrogen (secondary N) is 2. The molecule has 2 aromatic heterocycles. The van der Waals surface area contributed by atoms with E-state index in [0.29, 0.717) is 18.2 Å². The number of carbonyl (C=O) groups is 1. The standard InChI is InChI=1S/C19H18N4O2S/c1-12-17-18(26-11-16(24)21-19(17)23-22-12)13-5-4-7-15(9-13)25-10-14-6-2-3-8-20-14/h2-9,18H,10-11H2,1H3,(H2,21,22,23,24)/t18-/m1/s1. The molecular weight excluding hydrogens is 348 g/mol. The second-order valence-corrected chi connectivity index (χ2v) is 7.13. The number of benzene rings is 1. The summed E-state index contributed by atoms with van der Waals surface area (Å²) in [6, 6.07) is 13.7. The van der Waals surface area contributed by atoms with Gasteiger partial charge >= 0.3 is 0 Å². The minimum atomic E-state index is -0.0344. The van der Waals surface area contributed by atoms with E-state index >= 15 is 0 Å². The van der Waals surface area contributed by atoms with Crippen molar-refractivity contribution in [3.8, 4) is 5.75 Å². The number of amides is 1. The van der Waals surface area contributed by atoms with Crippen LogP contribution in [0.3, 0.4) is 0 Å². The zero-order valence-corrected chi connectivity index (χ0v) is 15.0. The lowest BCUT2D eigenvalue weighted by Crippen LogP contribution is -2.12. The van der Waals surface area contributed by atoms with Crippen molar-refractivity contribution in [1.29, 1.82) is 0 Å². The number of carbonyl (C=O) groups excluding carboxylic acids is 1. The second kappa shape index (κ2) is 7.21. The fraction of sp³-hybridized carbons (Fsp3) is 0.211. The Morgan fingerprint density at radius 2 is 2.19 bits per heavy atom. The van der Waals surface area contributed by atoms with Crippen LogP contribution in [0, 0.1) is 6.92 Å². The molecule has 132 valence electrons. The average Bonchev–Trinajstić information content (AvgIpc) is 2.92. The third-order valence-electron chi connectivity index (χ3n) is 4.17. The Balaban J connectivity index is 1.60. The van der Waals surface area contributed by atoms with Gasteiger partial charge in [-0.3, -0.25) is 14.9 Å². The Morgan fingerprint density at radius 1 is 1.27 bits per heavy atom. The molecular formula is C19H18N4O2S. The summed E-state index contributed by atoms with van der Waals surface area (Å²) in [5, 5.41) is 10.1. The average molecular weight is 366 g/mol. The van der Waals surface area contributed by atoms with Gasteiger partial charge in [0, 0.05) is 17.5 Å². The maximum Gasteiger partial charge on any atom is 0.235 e. The van der Waals surface area contributed by atoms with Gasteiger partial charge in [0.25, 0.3) is 0 Å². The smallest absolute Gasteiger partial charge is 0.235 e. The van der Waals surface area contributed by atoms with E-state index in [1.807, 2.05) is 43.3 Å². The molecule has 0 unspecified atom stereocenters. The predicted octanol–water partition coefficient (Wildman–Crippen LogP) is 3.47. The van der Waals surface area contributed by atoms with Gasteiger partial charge in [-0.15, -0.1) is 11.8 Å². The van der Waals surface area contributed by atoms with Crippen LogP contribution in [0.25, 0.3) is 0 Å². The number of ether oxygens (including phenoxy) is 1. The summed E-state index contributed by atoms with van der Waals surface area (Å²) in [6.07, 6.45) is 1.75. The molecule has 1 amide bonds. The molecule has 7 heteroatoms. The maximum absolute atomic E-state index is 11.9. The molecule has 0 aliphatic carbocycles. The number of hydrogen-bond donors (Lipinski definition) is 2. The molecule has 0 fully saturated rings. The number of nitrogens with zero attached hydrogens (tertiary/aromatic N) is 2. The Hall–Kier alpha value is -2.80. The van der Waals surface area contributed by atoms with Gasteiger partial charge < -0.3 is 10.1 Å². The number of thioether (sulfide) groups is 1. The molecule has 1 atom stereocenters. The largest absolute Gasteiger partial charge is 0.487 e. The number of fused-ring (bicyclic) bond motifs is 1. The minimum Gasteiger partial charge on any atom is -0.487 e. The molecule has 0 spiro atoms. The fourth-order valence-electron chi connectivity index (χ4n) is 2.94. The molecule has 4 rings (SSSR count). The van der Waals surface area contributed by atoms with Crippen LogP contribution in [-0.4, -0.2) is 26.8 Å². The topological polar surface area (TPSA) is 79.9 Å². The van der Waals surface area contributed by atoms with Crippen LogP contribution >= 0.6 is 11.8 Å². The third kappa shape index (κ3) is 3.43. The zero-order valence-electron chi connectivity index (χ0n) is 14.2. The molecule has 3 heterocycles. The number of anilines is 1. The van der Waals surface area contributed by atoms with Gasteiger partial charge in [0.2, 0.25) is 5.91 Å². The van der Waals surface area contributed by atoms with Crippen molar-refractivity contribution in [1.82, 2.24) is 15.2 Å². The van der Waals surface area contributed by atoms with Crippen LogP contribution in [0.15, 0.2) is 48.7 Å². The summed E-state index contributed by atoms with van der Waals surface area (Å²) in [5.41, 5.74) is 3.93. The molecule has 0 saturated carbocycles. The van der Waals surface area contributed by atoms with E-state index in [1.165, 1.54) is 0 Å². The lowest BCUT2D eigenvalue weighted by molar-refractivity contribution is -0.113. The van der Waals surface area contributed by atoms with Crippen molar-refractivity contribution in [2.75, 3.05) is 11.1 Å². The first kappa shape index (κ1) is 16.7. The molecule has 0 saturated heterocycles. The van der Waals surface area contributed by atoms with E-state index in [0.717, 1.165) is 28.3 Å². The third-order valence-corrected chi connectivity index (χ3v) is 5.44. The van der Waals surface area contributed by atoms with Gasteiger partial charge in [-0.2, -0.15) is 5.10 Å². The van der Waals surface area contributed by atoms with Crippen molar-refractivity contribution in [2.24, 2.45) is 0 Å². The zero-order chi connectivity index (χ0) is 17.9. The van der Waals surface area contributed by atoms with E-state index in [-0.39, 0.29) is 11.2 Å². The summed E-state index contributed by atoms with van der Waals surface area (Å²) in [6.45, 7) is 2.39. The van der Waals surface area contributed by atoms with Gasteiger partial charge in [0.15, 0.2) is 5.82 Å². The van der Waals surface area contributed by atoms with Crippen LogP contribution in [0.2, 0.25) is 0 Å². The summed E-state index contributed by atoms with van der Waals surface area (Å²) < 4.78 is 5.90. The van der Waals surface area contributed by atoms with Crippen molar-refractivity contribution in [3.63, 3.8) is 0 Å². The fourth-order valence-corrected chi connectivity index (χ4v) is 4.12. The van der Waals surface area contributed by atoms with Crippen LogP contribution in [0.5, 0.6) is 5.75 Å². The predicted molar refractivity (Wildman–Crippen MR) is 101 cm³/mol. The van der Waals surface area contributed by atoms with Crippen LogP contribution in [0.1, 0.15) is 27.8 Å². The number of H-pyrrole nitrogens is 1. The first-order valence-corrected chi connectivity index (χ1v) is 9.34. The van der Waals surface area contributed by atoms with E-state index in [1.54, 1.807) is 18.0 Å². The first-order chi connectivity index (χ1) is 12.7. The van der Waals surface area contributed by atoms with E-state index in [2.05, 4.69) is 26.6 Å². The number of aromatic amines is 1. The second-order valence-electron chi connectivity index (χ2n) is 6.03. The Kier molecular flexibility index (Phi) is 4.62. The van der Waals surface area contributed by atoms with Crippen LogP contribution in [-0.2, 0) is 11.4 Å². The van der Waals surface area contributed by atoms with E-state index in [4.69, 9.17) is 4.74 Å². The monoisotopic (exact) mass is 366 g/mol. The first-order valence-electron chi connectivity index (χ1n) is 8.29. The van der Waals surface area contributed by atoms with E-state index in [9.17, 15) is 4.79 Å². The molecule has 3 aromatic rings. The number of aryl methyl sites for hydroxylation is 1. The quantitative estimate of drug-likeness (QED) is 0.739. The SMILES string of the molecule is Cc1[nH]nc2c1[C@@H](c1cccc(OCc3ccccn3)c1)SCC(=O)N2. The molecule has 1 aromatic carbocycles. The van der Waals surface area contributed by atoms with Gasteiger partial charge in [-0.25, -0.2) is 0 Å². The molecule has 1 aliphatic rings. The Morgan fingerprint density at radius 3 is 3.04 bits per heavy atom. The Labute approximate surface area is 155 Å². The summed E-state index contributed by atoms with van der Waals surface area (Å²) in [7, 11) is 0. The number of rotatable bonds is 4.